The van der Waals surface area contributed by atoms with Crippen LogP contribution in [0.3, 0.4) is 0 Å². The van der Waals surface area contributed by atoms with E-state index in [2.05, 4.69) is 25.9 Å². The van der Waals surface area contributed by atoms with Crippen LogP contribution in [0, 0.1) is 5.82 Å². The topological polar surface area (TPSA) is 78.9 Å². The third-order valence-electron chi connectivity index (χ3n) is 2.95. The largest absolute Gasteiger partial charge is 0.356 e. The SMILES string of the molecule is CCCNc1ncc(F)c(NC(C)C(=O)NC2CC2)n1. The summed E-state index contributed by atoms with van der Waals surface area (Å²) in [7, 11) is 0. The zero-order chi connectivity index (χ0) is 14.5. The zero-order valence-corrected chi connectivity index (χ0v) is 11.7. The van der Waals surface area contributed by atoms with Crippen molar-refractivity contribution in [3.8, 4) is 0 Å². The van der Waals surface area contributed by atoms with Crippen molar-refractivity contribution in [1.82, 2.24) is 15.3 Å². The average Bonchev–Trinajstić information content (AvgIpc) is 3.23. The smallest absolute Gasteiger partial charge is 0.242 e. The van der Waals surface area contributed by atoms with Crippen LogP contribution >= 0.6 is 0 Å². The van der Waals surface area contributed by atoms with Crippen molar-refractivity contribution < 1.29 is 9.18 Å². The minimum atomic E-state index is -0.571. The number of aromatic nitrogens is 2. The van der Waals surface area contributed by atoms with Crippen molar-refractivity contribution in [2.45, 2.75) is 45.2 Å². The lowest BCUT2D eigenvalue weighted by atomic mass is 10.3. The summed E-state index contributed by atoms with van der Waals surface area (Å²) in [5.74, 6) is -0.325. The van der Waals surface area contributed by atoms with E-state index in [0.717, 1.165) is 25.5 Å². The number of amides is 1. The lowest BCUT2D eigenvalue weighted by Gasteiger charge is -2.15. The zero-order valence-electron chi connectivity index (χ0n) is 11.7. The van der Waals surface area contributed by atoms with E-state index in [0.29, 0.717) is 12.5 Å². The van der Waals surface area contributed by atoms with E-state index in [1.807, 2.05) is 6.92 Å². The van der Waals surface area contributed by atoms with Crippen molar-refractivity contribution in [1.29, 1.82) is 0 Å². The van der Waals surface area contributed by atoms with Gasteiger partial charge in [0.2, 0.25) is 11.9 Å². The lowest BCUT2D eigenvalue weighted by Crippen LogP contribution is -2.39. The molecule has 0 bridgehead atoms. The molecule has 0 spiro atoms. The quantitative estimate of drug-likeness (QED) is 0.706. The van der Waals surface area contributed by atoms with Gasteiger partial charge >= 0.3 is 0 Å². The number of anilines is 2. The van der Waals surface area contributed by atoms with E-state index in [9.17, 15) is 9.18 Å². The van der Waals surface area contributed by atoms with E-state index >= 15 is 0 Å². The van der Waals surface area contributed by atoms with Crippen molar-refractivity contribution in [2.24, 2.45) is 0 Å². The predicted molar refractivity (Wildman–Crippen MR) is 75.0 cm³/mol. The van der Waals surface area contributed by atoms with Gasteiger partial charge in [0.1, 0.15) is 6.04 Å². The Bertz CT molecular complexity index is 478. The van der Waals surface area contributed by atoms with Gasteiger partial charge in [0.25, 0.3) is 0 Å². The third-order valence-corrected chi connectivity index (χ3v) is 2.95. The molecule has 7 heteroatoms. The fourth-order valence-corrected chi connectivity index (χ4v) is 1.61. The summed E-state index contributed by atoms with van der Waals surface area (Å²) in [4.78, 5) is 19.7. The standard InChI is InChI=1S/C13H20FN5O/c1-3-6-15-13-16-7-10(14)11(19-13)17-8(2)12(20)18-9-4-5-9/h7-9H,3-6H2,1-2H3,(H,18,20)(H2,15,16,17,19). The molecule has 1 fully saturated rings. The molecular formula is C13H20FN5O. The van der Waals surface area contributed by atoms with Crippen LogP contribution in [0.5, 0.6) is 0 Å². The Kier molecular flexibility index (Phi) is 4.70. The minimum Gasteiger partial charge on any atom is -0.356 e. The number of halogens is 1. The molecule has 1 atom stereocenters. The Balaban J connectivity index is 1.97. The molecule has 0 aliphatic heterocycles. The van der Waals surface area contributed by atoms with Crippen LogP contribution < -0.4 is 16.0 Å². The summed E-state index contributed by atoms with van der Waals surface area (Å²) >= 11 is 0. The Labute approximate surface area is 117 Å². The molecule has 1 heterocycles. The monoisotopic (exact) mass is 281 g/mol. The van der Waals surface area contributed by atoms with Crippen LogP contribution in [-0.2, 0) is 4.79 Å². The maximum atomic E-state index is 13.6. The van der Waals surface area contributed by atoms with E-state index in [4.69, 9.17) is 0 Å². The van der Waals surface area contributed by atoms with Crippen molar-refractivity contribution >= 4 is 17.7 Å². The number of hydrogen-bond donors (Lipinski definition) is 3. The number of carbonyl (C=O) groups is 1. The summed E-state index contributed by atoms with van der Waals surface area (Å²) < 4.78 is 13.6. The number of nitrogens with zero attached hydrogens (tertiary/aromatic N) is 2. The van der Waals surface area contributed by atoms with Crippen molar-refractivity contribution in [3.05, 3.63) is 12.0 Å². The predicted octanol–water partition coefficient (Wildman–Crippen LogP) is 1.52. The van der Waals surface area contributed by atoms with Gasteiger partial charge in [-0.1, -0.05) is 6.92 Å². The highest BCUT2D eigenvalue weighted by Gasteiger charge is 2.26. The maximum Gasteiger partial charge on any atom is 0.242 e. The van der Waals surface area contributed by atoms with Gasteiger partial charge in [-0.05, 0) is 26.2 Å². The lowest BCUT2D eigenvalue weighted by molar-refractivity contribution is -0.121. The molecule has 0 saturated heterocycles. The van der Waals surface area contributed by atoms with Gasteiger partial charge in [-0.25, -0.2) is 9.37 Å². The van der Waals surface area contributed by atoms with Gasteiger partial charge in [-0.15, -0.1) is 0 Å². The maximum absolute atomic E-state index is 13.6. The first-order valence-corrected chi connectivity index (χ1v) is 6.93. The molecule has 1 saturated carbocycles. The summed E-state index contributed by atoms with van der Waals surface area (Å²) in [6.07, 6.45) is 4.05. The van der Waals surface area contributed by atoms with Crippen LogP contribution in [0.25, 0.3) is 0 Å². The molecule has 110 valence electrons. The molecule has 20 heavy (non-hydrogen) atoms. The molecular weight excluding hydrogens is 261 g/mol. The summed E-state index contributed by atoms with van der Waals surface area (Å²) in [5, 5.41) is 8.62. The van der Waals surface area contributed by atoms with Crippen molar-refractivity contribution in [2.75, 3.05) is 17.2 Å². The molecule has 0 aromatic carbocycles. The molecule has 1 aromatic rings. The molecule has 1 aromatic heterocycles. The molecule has 1 unspecified atom stereocenters. The molecule has 1 aliphatic carbocycles. The Morgan fingerprint density at radius 2 is 2.30 bits per heavy atom. The normalized spacial score (nSPS) is 15.6. The molecule has 2 rings (SSSR count). The number of nitrogens with one attached hydrogen (secondary N) is 3. The molecule has 1 aliphatic rings. The van der Waals surface area contributed by atoms with Gasteiger partial charge in [0, 0.05) is 12.6 Å². The molecule has 1 amide bonds. The number of hydrogen-bond acceptors (Lipinski definition) is 5. The summed E-state index contributed by atoms with van der Waals surface area (Å²) in [5.41, 5.74) is 0. The second kappa shape index (κ2) is 6.49. The first-order chi connectivity index (χ1) is 9.60. The number of rotatable bonds is 7. The van der Waals surface area contributed by atoms with Crippen LogP contribution in [-0.4, -0.2) is 34.5 Å². The summed E-state index contributed by atoms with van der Waals surface area (Å²) in [6.45, 7) is 4.40. The van der Waals surface area contributed by atoms with Gasteiger partial charge < -0.3 is 16.0 Å². The van der Waals surface area contributed by atoms with Crippen LogP contribution in [0.2, 0.25) is 0 Å². The Hall–Kier alpha value is -1.92. The highest BCUT2D eigenvalue weighted by Crippen LogP contribution is 2.19. The molecule has 0 radical (unpaired) electrons. The van der Waals surface area contributed by atoms with Crippen LogP contribution in [0.4, 0.5) is 16.2 Å². The van der Waals surface area contributed by atoms with Gasteiger partial charge in [-0.2, -0.15) is 4.98 Å². The minimum absolute atomic E-state index is 0.0389. The van der Waals surface area contributed by atoms with Gasteiger partial charge in [-0.3, -0.25) is 4.79 Å². The van der Waals surface area contributed by atoms with E-state index < -0.39 is 11.9 Å². The second-order valence-corrected chi connectivity index (χ2v) is 4.97. The first-order valence-electron chi connectivity index (χ1n) is 6.93. The fraction of sp³-hybridized carbons (Fsp3) is 0.615. The van der Waals surface area contributed by atoms with E-state index in [1.165, 1.54) is 0 Å². The van der Waals surface area contributed by atoms with E-state index in [1.54, 1.807) is 6.92 Å². The van der Waals surface area contributed by atoms with Gasteiger partial charge in [0.05, 0.1) is 6.20 Å². The van der Waals surface area contributed by atoms with Crippen LogP contribution in [0.1, 0.15) is 33.1 Å². The van der Waals surface area contributed by atoms with Gasteiger partial charge in [0.15, 0.2) is 11.6 Å². The number of carbonyl (C=O) groups excluding carboxylic acids is 1. The fourth-order valence-electron chi connectivity index (χ4n) is 1.61. The van der Waals surface area contributed by atoms with Crippen LogP contribution in [0.15, 0.2) is 6.20 Å². The Morgan fingerprint density at radius 1 is 1.55 bits per heavy atom. The second-order valence-electron chi connectivity index (χ2n) is 4.97. The molecule has 3 N–H and O–H groups in total. The Morgan fingerprint density at radius 3 is 2.95 bits per heavy atom. The molecule has 6 nitrogen and oxygen atoms in total. The van der Waals surface area contributed by atoms with Crippen molar-refractivity contribution in [3.63, 3.8) is 0 Å². The average molecular weight is 281 g/mol. The third kappa shape index (κ3) is 4.04. The van der Waals surface area contributed by atoms with E-state index in [-0.39, 0.29) is 17.8 Å². The highest BCUT2D eigenvalue weighted by atomic mass is 19.1. The first kappa shape index (κ1) is 14.5. The summed E-state index contributed by atoms with van der Waals surface area (Å²) in [6, 6.07) is -0.261. The highest BCUT2D eigenvalue weighted by molar-refractivity contribution is 5.84.